The standard InChI is InChI=1S/3C6H8N2.6C6H6.3C5H6N2.6C2H6.6CH3.6V/c3*1-5-3-4-7-6(2)8-5;6*1-2-4-6-5-3-1;3*1-5-6-3-2-4-7-5;6*1-2;;;;;;;;;;;;/h3*3-4H,1-2H3;6*1-6H;3*2-4H,1H3;6*1-2H3;6*1H3;;;;;;/q;;;;;;;;;;;;;;;;;;6*-1;;;;;;. The maximum atomic E-state index is 4.06. The number of nitrogens with zero attached hydrogens (tertiary/aromatic N) is 12. The van der Waals surface area contributed by atoms with Crippen LogP contribution in [-0.4, -0.2) is 59.8 Å². The fourth-order valence-electron chi connectivity index (χ4n) is 5.15. The first kappa shape index (κ1) is 144. The van der Waals surface area contributed by atoms with E-state index in [9.17, 15) is 0 Å². The molecule has 6 radical (unpaired) electrons. The summed E-state index contributed by atoms with van der Waals surface area (Å²) in [5.41, 5.74) is 3.08. The van der Waals surface area contributed by atoms with E-state index in [-0.39, 0.29) is 156 Å². The first-order valence-electron chi connectivity index (χ1n) is 32.0. The van der Waals surface area contributed by atoms with E-state index >= 15 is 0 Å². The van der Waals surface area contributed by atoms with Gasteiger partial charge in [-0.05, 0) is 98.7 Å². The van der Waals surface area contributed by atoms with E-state index in [0.29, 0.717) is 0 Å². The second-order valence-corrected chi connectivity index (χ2v) is 16.1. The van der Waals surface area contributed by atoms with Gasteiger partial charge in [-0.3, -0.25) is 0 Å². The monoisotopic (exact) mass is 1650 g/mol. The van der Waals surface area contributed by atoms with Crippen LogP contribution in [0, 0.1) is 107 Å². The molecule has 0 unspecified atom stereocenters. The fraction of sp³-hybridized carbons (Fsp3) is 0.241. The van der Waals surface area contributed by atoms with Crippen molar-refractivity contribution >= 4 is 0 Å². The Bertz CT molecular complexity index is 2490. The Labute approximate surface area is 717 Å². The molecule has 0 saturated carbocycles. The molecule has 0 aliphatic rings. The van der Waals surface area contributed by atoms with Crippen molar-refractivity contribution in [1.82, 2.24) is 59.8 Å². The van der Waals surface area contributed by atoms with E-state index in [0.717, 1.165) is 52.0 Å². The van der Waals surface area contributed by atoms with Crippen LogP contribution in [0.5, 0.6) is 0 Å². The SMILES string of the molecule is CC.CC.CC.CC.CC.CC.Cc1ccnc(C)n1.Cc1ccnc(C)n1.Cc1ccnc(C)n1.Cc1ncccn1.Cc1ncccn1.Cc1ncccn1.[CH3-].[CH3-].[CH3-].[CH3-].[CH3-].[CH3-].[V].[V].[V].[V].[V].[V].c1ccccc1.c1ccccc1.c1ccccc1.c1ccccc1.c1ccccc1.c1ccccc1. The van der Waals surface area contributed by atoms with Crippen LogP contribution in [0.15, 0.2) is 311 Å². The molecule has 0 spiro atoms. The number of aryl methyl sites for hydroxylation is 9. The van der Waals surface area contributed by atoms with Gasteiger partial charge in [0.2, 0.25) is 0 Å². The zero-order valence-electron chi connectivity index (χ0n) is 69.0. The number of hydrogen-bond acceptors (Lipinski definition) is 12. The molecule has 0 N–H and O–H groups in total. The normalized spacial score (nSPS) is 6.94. The molecule has 12 aromatic rings. The number of benzene rings is 6. The molecule has 0 bridgehead atoms. The van der Waals surface area contributed by atoms with Crippen molar-refractivity contribution in [3.63, 3.8) is 0 Å². The van der Waals surface area contributed by atoms with Gasteiger partial charge in [0.05, 0.1) is 0 Å². The van der Waals surface area contributed by atoms with Gasteiger partial charge in [0.1, 0.15) is 34.9 Å². The minimum absolute atomic E-state index is 0. The summed E-state index contributed by atoms with van der Waals surface area (Å²) in [4.78, 5) is 47.2. The van der Waals surface area contributed by atoms with E-state index in [1.54, 1.807) is 74.0 Å². The summed E-state index contributed by atoms with van der Waals surface area (Å²) in [6.45, 7) is 41.1. The molecule has 0 amide bonds. The Morgan fingerprint density at radius 3 is 0.295 bits per heavy atom. The Balaban J connectivity index is -0.0000000480. The summed E-state index contributed by atoms with van der Waals surface area (Å²) in [6, 6.07) is 83.0. The van der Waals surface area contributed by atoms with Gasteiger partial charge in [-0.15, -0.1) is 0 Å². The third-order valence-corrected chi connectivity index (χ3v) is 8.83. The van der Waals surface area contributed by atoms with Crippen molar-refractivity contribution in [2.45, 2.75) is 145 Å². The van der Waals surface area contributed by atoms with Gasteiger partial charge in [-0.25, -0.2) is 59.8 Å². The van der Waals surface area contributed by atoms with Crippen molar-refractivity contribution in [2.75, 3.05) is 0 Å². The maximum Gasteiger partial charge on any atom is 0.125 e. The summed E-state index contributed by atoms with van der Waals surface area (Å²) in [5.74, 6) is 4.98. The molecule has 0 fully saturated rings. The Hall–Kier alpha value is -6.69. The molecule has 6 aromatic carbocycles. The van der Waals surface area contributed by atoms with Crippen LogP contribution in [0.25, 0.3) is 0 Å². The number of aromatic nitrogens is 12. The number of rotatable bonds is 0. The summed E-state index contributed by atoms with van der Waals surface area (Å²) >= 11 is 0. The Morgan fingerprint density at radius 1 is 0.143 bits per heavy atom. The van der Waals surface area contributed by atoms with E-state index in [1.165, 1.54) is 0 Å². The van der Waals surface area contributed by atoms with Crippen molar-refractivity contribution in [1.29, 1.82) is 0 Å². The molecule has 12 rings (SSSR count). The van der Waals surface area contributed by atoms with Gasteiger partial charge in [-0.2, -0.15) is 0 Å². The molecule has 12 nitrogen and oxygen atoms in total. The molecule has 0 aliphatic carbocycles. The second-order valence-electron chi connectivity index (χ2n) is 16.1. The minimum Gasteiger partial charge on any atom is -0.358 e. The summed E-state index contributed by atoms with van der Waals surface area (Å²) < 4.78 is 0. The maximum absolute atomic E-state index is 4.06. The van der Waals surface area contributed by atoms with Crippen LogP contribution in [-0.2, 0) is 111 Å². The van der Waals surface area contributed by atoms with Crippen LogP contribution < -0.4 is 0 Å². The van der Waals surface area contributed by atoms with Gasteiger partial charge in [0.15, 0.2) is 0 Å². The van der Waals surface area contributed by atoms with Crippen molar-refractivity contribution < 1.29 is 111 Å². The van der Waals surface area contributed by atoms with Crippen LogP contribution in [0.4, 0.5) is 0 Å². The topological polar surface area (TPSA) is 155 Å². The van der Waals surface area contributed by atoms with E-state index in [2.05, 4.69) is 59.8 Å². The third-order valence-electron chi connectivity index (χ3n) is 8.83. The molecule has 0 atom stereocenters. The second kappa shape index (κ2) is 130. The predicted molar refractivity (Wildman–Crippen MR) is 440 cm³/mol. The minimum atomic E-state index is 0. The summed E-state index contributed by atoms with van der Waals surface area (Å²) in [7, 11) is 0. The summed E-state index contributed by atoms with van der Waals surface area (Å²) in [6.07, 6.45) is 15.6. The fourth-order valence-corrected chi connectivity index (χ4v) is 5.15. The molecule has 6 heterocycles. The molecule has 105 heavy (non-hydrogen) atoms. The van der Waals surface area contributed by atoms with Gasteiger partial charge in [0, 0.05) is 184 Å². The quantitative estimate of drug-likeness (QED) is 0.133. The first-order chi connectivity index (χ1) is 45.5. The van der Waals surface area contributed by atoms with E-state index in [1.807, 2.05) is 382 Å². The zero-order chi connectivity index (χ0) is 70.7. The molecule has 0 aliphatic heterocycles. The average molecular weight is 1650 g/mol. The Morgan fingerprint density at radius 2 is 0.238 bits per heavy atom. The molecular formula is C87H132N12V6-6. The third kappa shape index (κ3) is 127. The summed E-state index contributed by atoms with van der Waals surface area (Å²) in [5, 5.41) is 0. The molecule has 18 heteroatoms. The average Bonchev–Trinajstić information content (AvgIpc) is 1.02. The van der Waals surface area contributed by atoms with Crippen LogP contribution >= 0.6 is 0 Å². The van der Waals surface area contributed by atoms with E-state index in [4.69, 9.17) is 0 Å². The molecule has 576 valence electrons. The first-order valence-corrected chi connectivity index (χ1v) is 32.0. The smallest absolute Gasteiger partial charge is 0.125 e. The van der Waals surface area contributed by atoms with Gasteiger partial charge < -0.3 is 44.6 Å². The largest absolute Gasteiger partial charge is 0.358 e. The van der Waals surface area contributed by atoms with Gasteiger partial charge >= 0.3 is 0 Å². The van der Waals surface area contributed by atoms with Gasteiger partial charge in [0.25, 0.3) is 0 Å². The number of hydrogen-bond donors (Lipinski definition) is 0. The van der Waals surface area contributed by atoms with Crippen LogP contribution in [0.2, 0.25) is 0 Å². The molecule has 0 saturated heterocycles. The predicted octanol–water partition coefficient (Wildman–Crippen LogP) is 24.6. The van der Waals surface area contributed by atoms with Gasteiger partial charge in [-0.1, -0.05) is 301 Å². The van der Waals surface area contributed by atoms with Crippen molar-refractivity contribution in [2.24, 2.45) is 0 Å². The van der Waals surface area contributed by atoms with Crippen LogP contribution in [0.1, 0.15) is 135 Å². The Kier molecular flexibility index (Phi) is 179. The molecular weight excluding hydrogens is 1520 g/mol. The van der Waals surface area contributed by atoms with Crippen molar-refractivity contribution in [3.8, 4) is 0 Å². The zero-order valence-corrected chi connectivity index (χ0v) is 77.4. The molecule has 6 aromatic heterocycles. The van der Waals surface area contributed by atoms with E-state index < -0.39 is 0 Å². The van der Waals surface area contributed by atoms with Crippen LogP contribution in [0.3, 0.4) is 0 Å². The van der Waals surface area contributed by atoms with Crippen molar-refractivity contribution in [3.05, 3.63) is 407 Å².